The van der Waals surface area contributed by atoms with E-state index in [-0.39, 0.29) is 30.1 Å². The normalized spacial score (nSPS) is 15.8. The van der Waals surface area contributed by atoms with Crippen molar-refractivity contribution in [2.24, 2.45) is 0 Å². The summed E-state index contributed by atoms with van der Waals surface area (Å²) < 4.78 is 0. The third-order valence-electron chi connectivity index (χ3n) is 5.44. The molecular formula is C25H24Cl2N2O2. The number of amides is 1. The van der Waals surface area contributed by atoms with E-state index >= 15 is 0 Å². The lowest BCUT2D eigenvalue weighted by molar-refractivity contribution is -0.120. The topological polar surface area (TPSA) is 49.4 Å². The number of nitrogens with zero attached hydrogens (tertiary/aromatic N) is 1. The average Bonchev–Trinajstić information content (AvgIpc) is 3.24. The van der Waals surface area contributed by atoms with Gasteiger partial charge in [-0.15, -0.1) is 12.4 Å². The average molecular weight is 455 g/mol. The Morgan fingerprint density at radius 2 is 1.61 bits per heavy atom. The molecule has 3 aromatic rings. The maximum atomic E-state index is 13.2. The zero-order chi connectivity index (χ0) is 20.9. The number of likely N-dealkylation sites (tertiary alicyclic amines) is 1. The highest BCUT2D eigenvalue weighted by Crippen LogP contribution is 2.30. The zero-order valence-corrected chi connectivity index (χ0v) is 18.5. The van der Waals surface area contributed by atoms with Gasteiger partial charge in [0.25, 0.3) is 0 Å². The fourth-order valence-electron chi connectivity index (χ4n) is 3.92. The minimum Gasteiger partial charge on any atom is -0.323 e. The molecule has 1 heterocycles. The highest BCUT2D eigenvalue weighted by molar-refractivity contribution is 6.35. The highest BCUT2D eigenvalue weighted by Gasteiger charge is 2.31. The smallest absolute Gasteiger partial charge is 0.241 e. The largest absolute Gasteiger partial charge is 0.323 e. The van der Waals surface area contributed by atoms with Crippen LogP contribution in [0.4, 0.5) is 5.69 Å². The molecule has 4 rings (SSSR count). The van der Waals surface area contributed by atoms with Crippen LogP contribution in [0.1, 0.15) is 34.3 Å². The van der Waals surface area contributed by atoms with E-state index in [1.807, 2.05) is 36.4 Å². The van der Waals surface area contributed by atoms with Gasteiger partial charge in [0.15, 0.2) is 5.78 Å². The lowest BCUT2D eigenvalue weighted by atomic mass is 10.0. The Kier molecular flexibility index (Phi) is 7.85. The molecule has 4 nitrogen and oxygen atoms in total. The van der Waals surface area contributed by atoms with E-state index in [9.17, 15) is 9.59 Å². The first-order valence-corrected chi connectivity index (χ1v) is 10.5. The van der Waals surface area contributed by atoms with Crippen LogP contribution in [-0.4, -0.2) is 29.2 Å². The van der Waals surface area contributed by atoms with Crippen LogP contribution in [0, 0.1) is 0 Å². The van der Waals surface area contributed by atoms with Gasteiger partial charge in [-0.3, -0.25) is 14.5 Å². The monoisotopic (exact) mass is 454 g/mol. The van der Waals surface area contributed by atoms with E-state index in [0.29, 0.717) is 21.8 Å². The number of halogens is 2. The summed E-state index contributed by atoms with van der Waals surface area (Å²) in [4.78, 5) is 28.3. The van der Waals surface area contributed by atoms with E-state index in [1.165, 1.54) is 5.56 Å². The van der Waals surface area contributed by atoms with Crippen LogP contribution < -0.4 is 5.32 Å². The second-order valence-corrected chi connectivity index (χ2v) is 7.87. The Morgan fingerprint density at radius 3 is 2.32 bits per heavy atom. The van der Waals surface area contributed by atoms with Crippen LogP contribution in [-0.2, 0) is 11.3 Å². The molecule has 1 saturated heterocycles. The maximum absolute atomic E-state index is 13.2. The fraction of sp³-hybridized carbons (Fsp3) is 0.200. The molecule has 0 aromatic heterocycles. The molecule has 0 aliphatic carbocycles. The van der Waals surface area contributed by atoms with Crippen molar-refractivity contribution in [2.75, 3.05) is 11.9 Å². The minimum atomic E-state index is -0.249. The summed E-state index contributed by atoms with van der Waals surface area (Å²) in [6.07, 6.45) is 1.74. The predicted octanol–water partition coefficient (Wildman–Crippen LogP) is 5.60. The zero-order valence-electron chi connectivity index (χ0n) is 17.0. The van der Waals surface area contributed by atoms with Gasteiger partial charge in [0, 0.05) is 17.7 Å². The molecular weight excluding hydrogens is 431 g/mol. The molecule has 160 valence electrons. The Hall–Kier alpha value is -2.66. The van der Waals surface area contributed by atoms with Crippen LogP contribution in [0.15, 0.2) is 78.9 Å². The Morgan fingerprint density at radius 1 is 0.935 bits per heavy atom. The fourth-order valence-corrected chi connectivity index (χ4v) is 4.14. The Balaban J connectivity index is 0.00000272. The first-order valence-electron chi connectivity index (χ1n) is 10.1. The summed E-state index contributed by atoms with van der Waals surface area (Å²) in [6, 6.07) is 24.0. The molecule has 1 N–H and O–H groups in total. The van der Waals surface area contributed by atoms with Gasteiger partial charge in [-0.25, -0.2) is 0 Å². The van der Waals surface area contributed by atoms with Gasteiger partial charge in [-0.05, 0) is 37.1 Å². The molecule has 1 aliphatic rings. The lowest BCUT2D eigenvalue weighted by Gasteiger charge is -2.24. The van der Waals surface area contributed by atoms with Gasteiger partial charge >= 0.3 is 0 Å². The van der Waals surface area contributed by atoms with Crippen LogP contribution in [0.5, 0.6) is 0 Å². The number of hydrogen-bond acceptors (Lipinski definition) is 3. The van der Waals surface area contributed by atoms with Gasteiger partial charge in [0.05, 0.1) is 16.8 Å². The minimum absolute atomic E-state index is 0. The van der Waals surface area contributed by atoms with Crippen molar-refractivity contribution in [3.63, 3.8) is 0 Å². The summed E-state index contributed by atoms with van der Waals surface area (Å²) in [5.74, 6) is -0.292. The predicted molar refractivity (Wildman–Crippen MR) is 127 cm³/mol. The van der Waals surface area contributed by atoms with Crippen LogP contribution in [0.25, 0.3) is 0 Å². The molecule has 3 aromatic carbocycles. The number of carbonyl (C=O) groups is 2. The second kappa shape index (κ2) is 10.6. The number of para-hydroxylation sites is 1. The van der Waals surface area contributed by atoms with Crippen LogP contribution in [0.2, 0.25) is 5.02 Å². The third kappa shape index (κ3) is 5.34. The quantitative estimate of drug-likeness (QED) is 0.493. The Bertz CT molecular complexity index is 1040. The highest BCUT2D eigenvalue weighted by atomic mass is 35.5. The summed E-state index contributed by atoms with van der Waals surface area (Å²) in [5.41, 5.74) is 2.51. The van der Waals surface area contributed by atoms with Gasteiger partial charge in [0.1, 0.15) is 0 Å². The summed E-state index contributed by atoms with van der Waals surface area (Å²) >= 11 is 6.40. The van der Waals surface area contributed by atoms with Crippen LogP contribution in [0.3, 0.4) is 0 Å². The van der Waals surface area contributed by atoms with Crippen LogP contribution >= 0.6 is 24.0 Å². The van der Waals surface area contributed by atoms with E-state index in [0.717, 1.165) is 25.9 Å². The lowest BCUT2D eigenvalue weighted by Crippen LogP contribution is -2.39. The summed E-state index contributed by atoms with van der Waals surface area (Å²) in [7, 11) is 0. The van der Waals surface area contributed by atoms with E-state index in [1.54, 1.807) is 30.3 Å². The summed E-state index contributed by atoms with van der Waals surface area (Å²) in [6.45, 7) is 1.59. The molecule has 1 aliphatic heterocycles. The molecule has 0 bridgehead atoms. The molecule has 0 saturated carbocycles. The molecule has 1 atom stereocenters. The van der Waals surface area contributed by atoms with Crippen molar-refractivity contribution in [3.05, 3.63) is 101 Å². The number of rotatable bonds is 6. The molecule has 1 fully saturated rings. The van der Waals surface area contributed by atoms with Gasteiger partial charge in [-0.1, -0.05) is 78.3 Å². The number of ketones is 1. The van der Waals surface area contributed by atoms with Crippen molar-refractivity contribution in [1.29, 1.82) is 0 Å². The van der Waals surface area contributed by atoms with Gasteiger partial charge in [0.2, 0.25) is 5.91 Å². The summed E-state index contributed by atoms with van der Waals surface area (Å²) in [5, 5.41) is 3.31. The maximum Gasteiger partial charge on any atom is 0.241 e. The second-order valence-electron chi connectivity index (χ2n) is 7.46. The first-order chi connectivity index (χ1) is 14.6. The standard InChI is InChI=1S/C25H23ClN2O2.ClH/c26-21-14-7-13-20(24(29)19-11-5-2-6-12-19)23(21)27-25(30)22-15-8-16-28(22)17-18-9-3-1-4-10-18;/h1-7,9-14,22H,8,15-17H2,(H,27,30);1H/t22-;/m0./s1. The number of benzene rings is 3. The third-order valence-corrected chi connectivity index (χ3v) is 5.75. The first kappa shape index (κ1) is 23.0. The molecule has 6 heteroatoms. The number of nitrogens with one attached hydrogen (secondary N) is 1. The van der Waals surface area contributed by atoms with Crippen molar-refractivity contribution in [3.8, 4) is 0 Å². The SMILES string of the molecule is Cl.O=C(c1ccccc1)c1cccc(Cl)c1NC(=O)[C@@H]1CCCN1Cc1ccccc1. The molecule has 0 radical (unpaired) electrons. The number of hydrogen-bond donors (Lipinski definition) is 1. The van der Waals surface area contributed by atoms with E-state index < -0.39 is 0 Å². The molecule has 1 amide bonds. The van der Waals surface area contributed by atoms with E-state index in [4.69, 9.17) is 11.6 Å². The van der Waals surface area contributed by atoms with Gasteiger partial charge in [-0.2, -0.15) is 0 Å². The van der Waals surface area contributed by atoms with Crippen molar-refractivity contribution < 1.29 is 9.59 Å². The van der Waals surface area contributed by atoms with Crippen molar-refractivity contribution >= 4 is 41.4 Å². The Labute approximate surface area is 193 Å². The van der Waals surface area contributed by atoms with Crippen molar-refractivity contribution in [2.45, 2.75) is 25.4 Å². The van der Waals surface area contributed by atoms with Crippen molar-refractivity contribution in [1.82, 2.24) is 4.90 Å². The van der Waals surface area contributed by atoms with Gasteiger partial charge < -0.3 is 5.32 Å². The number of anilines is 1. The molecule has 31 heavy (non-hydrogen) atoms. The number of carbonyl (C=O) groups excluding carboxylic acids is 2. The molecule has 0 unspecified atom stereocenters. The molecule has 0 spiro atoms. The van der Waals surface area contributed by atoms with E-state index in [2.05, 4.69) is 22.3 Å².